The zero-order valence-corrected chi connectivity index (χ0v) is 13.4. The molecule has 0 aromatic heterocycles. The molecule has 1 aromatic carbocycles. The predicted molar refractivity (Wildman–Crippen MR) is 92.4 cm³/mol. The number of aliphatic imine (C=N–C) groups is 1. The van der Waals surface area contributed by atoms with Crippen LogP contribution in [0, 0.1) is 17.8 Å². The maximum atomic E-state index is 6.16. The summed E-state index contributed by atoms with van der Waals surface area (Å²) in [5.74, 6) is 3.68. The molecule has 1 fully saturated rings. The normalized spacial score (nSPS) is 32.3. The number of allylic oxidation sites excluding steroid dienone is 2. The number of guanidine groups is 1. The first kappa shape index (κ1) is 14.6. The molecule has 4 atom stereocenters. The summed E-state index contributed by atoms with van der Waals surface area (Å²) >= 11 is 0. The zero-order chi connectivity index (χ0) is 15.6. The van der Waals surface area contributed by atoms with Crippen LogP contribution in [0.2, 0.25) is 0 Å². The molecular formula is C19H25N3O. The number of nitrogens with two attached hydrogens (primary N) is 1. The molecule has 0 radical (unpaired) electrons. The van der Waals surface area contributed by atoms with Crippen LogP contribution in [0.15, 0.2) is 41.4 Å². The number of ether oxygens (including phenoxy) is 1. The molecule has 4 heteroatoms. The number of nitrogens with zero attached hydrogens (tertiary/aromatic N) is 1. The van der Waals surface area contributed by atoms with E-state index in [1.165, 1.54) is 24.8 Å². The maximum absolute atomic E-state index is 6.16. The Morgan fingerprint density at radius 3 is 2.91 bits per heavy atom. The summed E-state index contributed by atoms with van der Waals surface area (Å²) in [6.45, 7) is 1.56. The van der Waals surface area contributed by atoms with Crippen LogP contribution in [0.4, 0.5) is 0 Å². The molecule has 1 aliphatic heterocycles. The van der Waals surface area contributed by atoms with E-state index in [4.69, 9.17) is 10.5 Å². The van der Waals surface area contributed by atoms with Crippen LogP contribution in [0.5, 0.6) is 5.75 Å². The smallest absolute Gasteiger partial charge is 0.189 e. The molecule has 4 unspecified atom stereocenters. The van der Waals surface area contributed by atoms with E-state index in [-0.39, 0.29) is 6.04 Å². The molecule has 1 heterocycles. The van der Waals surface area contributed by atoms with Gasteiger partial charge in [0.25, 0.3) is 0 Å². The largest absolute Gasteiger partial charge is 0.493 e. The molecular weight excluding hydrogens is 286 g/mol. The standard InChI is InChI=1S/C19H25N3O/c20-19(21-12-15-11-13-5-7-14(15)8-6-13)22-17-9-10-23-18-4-2-1-3-16(17)18/h1-5,7,13-15,17H,6,8-12H2,(H3,20,21,22). The second kappa shape index (κ2) is 6.26. The summed E-state index contributed by atoms with van der Waals surface area (Å²) in [5, 5.41) is 3.39. The number of para-hydroxylation sites is 1. The van der Waals surface area contributed by atoms with E-state index >= 15 is 0 Å². The quantitative estimate of drug-likeness (QED) is 0.512. The molecule has 3 aliphatic carbocycles. The van der Waals surface area contributed by atoms with E-state index in [0.717, 1.165) is 31.2 Å². The molecule has 0 spiro atoms. The van der Waals surface area contributed by atoms with Crippen molar-refractivity contribution in [3.63, 3.8) is 0 Å². The average molecular weight is 311 g/mol. The Bertz CT molecular complexity index is 625. The van der Waals surface area contributed by atoms with Crippen LogP contribution in [0.3, 0.4) is 0 Å². The molecule has 1 aromatic rings. The highest BCUT2D eigenvalue weighted by atomic mass is 16.5. The Labute approximate surface area is 137 Å². The van der Waals surface area contributed by atoms with Crippen LogP contribution in [-0.4, -0.2) is 19.1 Å². The lowest BCUT2D eigenvalue weighted by atomic mass is 9.69. The van der Waals surface area contributed by atoms with Gasteiger partial charge in [-0.25, -0.2) is 0 Å². The molecule has 0 amide bonds. The van der Waals surface area contributed by atoms with Crippen LogP contribution >= 0.6 is 0 Å². The van der Waals surface area contributed by atoms with Gasteiger partial charge in [0.2, 0.25) is 0 Å². The van der Waals surface area contributed by atoms with E-state index < -0.39 is 0 Å². The summed E-state index contributed by atoms with van der Waals surface area (Å²) in [6, 6.07) is 8.36. The number of hydrogen-bond donors (Lipinski definition) is 2. The van der Waals surface area contributed by atoms with Gasteiger partial charge < -0.3 is 15.8 Å². The SMILES string of the molecule is NC(=NCC1CC2C=CC1CC2)NC1CCOc2ccccc21. The minimum absolute atomic E-state index is 0.200. The van der Waals surface area contributed by atoms with E-state index in [9.17, 15) is 0 Å². The molecule has 1 saturated carbocycles. The fourth-order valence-corrected chi connectivity index (χ4v) is 4.19. The summed E-state index contributed by atoms with van der Waals surface area (Å²) < 4.78 is 5.70. The first-order valence-corrected chi connectivity index (χ1v) is 8.76. The molecule has 3 N–H and O–H groups in total. The third-order valence-electron chi connectivity index (χ3n) is 5.49. The Balaban J connectivity index is 1.39. The second-order valence-electron chi connectivity index (χ2n) is 6.98. The van der Waals surface area contributed by atoms with E-state index in [2.05, 4.69) is 28.5 Å². The van der Waals surface area contributed by atoms with Gasteiger partial charge in [-0.3, -0.25) is 4.99 Å². The topological polar surface area (TPSA) is 59.6 Å². The van der Waals surface area contributed by atoms with Crippen LogP contribution < -0.4 is 15.8 Å². The van der Waals surface area contributed by atoms with Gasteiger partial charge in [-0.2, -0.15) is 0 Å². The highest BCUT2D eigenvalue weighted by molar-refractivity contribution is 5.78. The van der Waals surface area contributed by atoms with Crippen molar-refractivity contribution in [3.05, 3.63) is 42.0 Å². The molecule has 4 nitrogen and oxygen atoms in total. The van der Waals surface area contributed by atoms with Gasteiger partial charge in [-0.15, -0.1) is 0 Å². The first-order valence-electron chi connectivity index (χ1n) is 8.76. The van der Waals surface area contributed by atoms with Gasteiger partial charge in [0.05, 0.1) is 12.6 Å². The van der Waals surface area contributed by atoms with Crippen molar-refractivity contribution in [2.75, 3.05) is 13.2 Å². The van der Waals surface area contributed by atoms with Crippen LogP contribution in [0.25, 0.3) is 0 Å². The fraction of sp³-hybridized carbons (Fsp3) is 0.526. The number of nitrogens with one attached hydrogen (secondary N) is 1. The zero-order valence-electron chi connectivity index (χ0n) is 13.4. The lowest BCUT2D eigenvalue weighted by Gasteiger charge is -2.37. The fourth-order valence-electron chi connectivity index (χ4n) is 4.19. The van der Waals surface area contributed by atoms with Gasteiger partial charge >= 0.3 is 0 Å². The minimum atomic E-state index is 0.200. The summed E-state index contributed by atoms with van der Waals surface area (Å²) in [4.78, 5) is 4.64. The Morgan fingerprint density at radius 1 is 1.22 bits per heavy atom. The molecule has 122 valence electrons. The number of hydrogen-bond acceptors (Lipinski definition) is 2. The monoisotopic (exact) mass is 311 g/mol. The van der Waals surface area contributed by atoms with Gasteiger partial charge in [0, 0.05) is 18.5 Å². The number of benzene rings is 1. The molecule has 0 saturated heterocycles. The summed E-state index contributed by atoms with van der Waals surface area (Å²) in [5.41, 5.74) is 7.33. The summed E-state index contributed by atoms with van der Waals surface area (Å²) in [6.07, 6.45) is 9.67. The third kappa shape index (κ3) is 3.07. The Kier molecular flexibility index (Phi) is 3.98. The van der Waals surface area contributed by atoms with Crippen molar-refractivity contribution >= 4 is 5.96 Å². The van der Waals surface area contributed by atoms with Crippen molar-refractivity contribution in [3.8, 4) is 5.75 Å². The van der Waals surface area contributed by atoms with E-state index in [1.54, 1.807) is 0 Å². The highest BCUT2D eigenvalue weighted by Gasteiger charge is 2.31. The van der Waals surface area contributed by atoms with Gasteiger partial charge in [0.1, 0.15) is 5.75 Å². The van der Waals surface area contributed by atoms with Crippen molar-refractivity contribution < 1.29 is 4.74 Å². The summed E-state index contributed by atoms with van der Waals surface area (Å²) in [7, 11) is 0. The average Bonchev–Trinajstić information content (AvgIpc) is 2.61. The Morgan fingerprint density at radius 2 is 2.13 bits per heavy atom. The minimum Gasteiger partial charge on any atom is -0.493 e. The predicted octanol–water partition coefficient (Wildman–Crippen LogP) is 3.02. The van der Waals surface area contributed by atoms with Crippen molar-refractivity contribution in [1.29, 1.82) is 0 Å². The van der Waals surface area contributed by atoms with Gasteiger partial charge in [-0.05, 0) is 43.1 Å². The maximum Gasteiger partial charge on any atom is 0.189 e. The van der Waals surface area contributed by atoms with Crippen molar-refractivity contribution in [2.24, 2.45) is 28.5 Å². The number of fused-ring (bicyclic) bond motifs is 3. The van der Waals surface area contributed by atoms with Gasteiger partial charge in [-0.1, -0.05) is 30.4 Å². The van der Waals surface area contributed by atoms with Crippen molar-refractivity contribution in [2.45, 2.75) is 31.7 Å². The third-order valence-corrected chi connectivity index (χ3v) is 5.49. The van der Waals surface area contributed by atoms with Crippen LogP contribution in [0.1, 0.15) is 37.3 Å². The van der Waals surface area contributed by atoms with E-state index in [1.807, 2.05) is 18.2 Å². The van der Waals surface area contributed by atoms with E-state index in [0.29, 0.717) is 17.8 Å². The lowest BCUT2D eigenvalue weighted by molar-refractivity contribution is 0.227. The second-order valence-corrected chi connectivity index (χ2v) is 6.98. The highest BCUT2D eigenvalue weighted by Crippen LogP contribution is 2.40. The Hall–Kier alpha value is -1.97. The molecule has 23 heavy (non-hydrogen) atoms. The molecule has 2 bridgehead atoms. The van der Waals surface area contributed by atoms with Gasteiger partial charge in [0.15, 0.2) is 5.96 Å². The van der Waals surface area contributed by atoms with Crippen molar-refractivity contribution in [1.82, 2.24) is 5.32 Å². The molecule has 5 rings (SSSR count). The number of rotatable bonds is 3. The lowest BCUT2D eigenvalue weighted by Crippen LogP contribution is -2.38. The first-order chi connectivity index (χ1) is 11.3. The van der Waals surface area contributed by atoms with Crippen LogP contribution in [-0.2, 0) is 0 Å². The molecule has 4 aliphatic rings.